The molecule has 4 aromatic rings. The summed E-state index contributed by atoms with van der Waals surface area (Å²) in [6, 6.07) is 17.1. The van der Waals surface area contributed by atoms with Crippen LogP contribution in [0.4, 0.5) is 11.5 Å². The smallest absolute Gasteiger partial charge is 0.219 e. The van der Waals surface area contributed by atoms with Gasteiger partial charge in [-0.2, -0.15) is 10.2 Å². The molecule has 0 bridgehead atoms. The van der Waals surface area contributed by atoms with Crippen LogP contribution in [0.5, 0.6) is 5.88 Å². The normalized spacial score (nSPS) is 18.2. The topological polar surface area (TPSA) is 117 Å². The van der Waals surface area contributed by atoms with E-state index in [1.165, 1.54) is 17.5 Å². The van der Waals surface area contributed by atoms with E-state index in [1.54, 1.807) is 0 Å². The summed E-state index contributed by atoms with van der Waals surface area (Å²) >= 11 is 0. The van der Waals surface area contributed by atoms with Gasteiger partial charge in [-0.1, -0.05) is 84.0 Å². The van der Waals surface area contributed by atoms with Crippen LogP contribution in [-0.4, -0.2) is 45.8 Å². The Bertz CT molecular complexity index is 1720. The summed E-state index contributed by atoms with van der Waals surface area (Å²) in [6.45, 7) is 18.9. The minimum atomic E-state index is -0.0991. The average molecular weight is 680 g/mol. The number of ether oxygens (including phenoxy) is 1. The van der Waals surface area contributed by atoms with E-state index in [0.717, 1.165) is 80.0 Å². The molecule has 268 valence electrons. The van der Waals surface area contributed by atoms with E-state index < -0.39 is 0 Å². The Morgan fingerprint density at radius 1 is 1.00 bits per heavy atom. The number of fused-ring (bicyclic) bond motifs is 2. The Kier molecular flexibility index (Phi) is 13.8. The molecule has 9 heteroatoms. The Morgan fingerprint density at radius 2 is 1.70 bits per heavy atom. The summed E-state index contributed by atoms with van der Waals surface area (Å²) < 4.78 is 12.7. The van der Waals surface area contributed by atoms with Crippen molar-refractivity contribution >= 4 is 11.5 Å². The van der Waals surface area contributed by atoms with Gasteiger partial charge < -0.3 is 19.9 Å². The highest BCUT2D eigenvalue weighted by Crippen LogP contribution is 2.44. The molecule has 50 heavy (non-hydrogen) atoms. The molecule has 2 unspecified atom stereocenters. The minimum Gasteiger partial charge on any atom is -0.473 e. The lowest BCUT2D eigenvalue weighted by Crippen LogP contribution is -2.38. The Morgan fingerprint density at radius 3 is 2.32 bits per heavy atom. The molecule has 2 aromatic carbocycles. The molecule has 3 atom stereocenters. The van der Waals surface area contributed by atoms with Gasteiger partial charge in [0.25, 0.3) is 0 Å². The number of nitriles is 1. The zero-order valence-electron chi connectivity index (χ0n) is 31.7. The van der Waals surface area contributed by atoms with Crippen LogP contribution in [0.3, 0.4) is 0 Å². The molecule has 1 aliphatic carbocycles. The van der Waals surface area contributed by atoms with Gasteiger partial charge in [-0.05, 0) is 87.4 Å². The first kappa shape index (κ1) is 38.4. The van der Waals surface area contributed by atoms with Crippen LogP contribution < -0.4 is 15.4 Å². The second kappa shape index (κ2) is 18.0. The summed E-state index contributed by atoms with van der Waals surface area (Å²) in [5.74, 6) is 2.56. The fourth-order valence-corrected chi connectivity index (χ4v) is 7.45. The van der Waals surface area contributed by atoms with Gasteiger partial charge in [-0.25, -0.2) is 4.98 Å². The van der Waals surface area contributed by atoms with Gasteiger partial charge in [0.15, 0.2) is 11.5 Å². The zero-order chi connectivity index (χ0) is 36.4. The summed E-state index contributed by atoms with van der Waals surface area (Å²) in [4.78, 5) is 14.7. The number of hydrogen-bond acceptors (Lipinski definition) is 9. The van der Waals surface area contributed by atoms with Crippen LogP contribution in [0.15, 0.2) is 47.0 Å². The number of benzene rings is 2. The number of anilines is 2. The van der Waals surface area contributed by atoms with Crippen LogP contribution in [-0.2, 0) is 25.9 Å². The molecular weight excluding hydrogens is 622 g/mol. The van der Waals surface area contributed by atoms with E-state index >= 15 is 0 Å². The molecular formula is C41H57N7O2. The number of likely N-dealkylation sites (tertiary alicyclic amines) is 1. The first-order valence-corrected chi connectivity index (χ1v) is 18.8. The van der Waals surface area contributed by atoms with E-state index in [4.69, 9.17) is 25.0 Å². The number of rotatable bonds is 7. The molecule has 2 aromatic heterocycles. The molecule has 0 saturated carbocycles. The van der Waals surface area contributed by atoms with Crippen LogP contribution >= 0.6 is 0 Å². The molecule has 0 spiro atoms. The lowest BCUT2D eigenvalue weighted by molar-refractivity contribution is 0.117. The van der Waals surface area contributed by atoms with Gasteiger partial charge in [-0.3, -0.25) is 4.90 Å². The lowest BCUT2D eigenvalue weighted by atomic mass is 9.78. The lowest BCUT2D eigenvalue weighted by Gasteiger charge is -2.27. The summed E-state index contributed by atoms with van der Waals surface area (Å²) in [5.41, 5.74) is 13.7. The maximum absolute atomic E-state index is 10.1. The molecule has 0 amide bonds. The number of aryl methyl sites for hydroxylation is 1. The molecule has 3 aliphatic rings. The van der Waals surface area contributed by atoms with E-state index in [-0.39, 0.29) is 12.0 Å². The van der Waals surface area contributed by atoms with E-state index in [9.17, 15) is 5.26 Å². The second-order valence-corrected chi connectivity index (χ2v) is 12.4. The molecule has 2 N–H and O–H groups in total. The SMILES string of the molecule is CC.CC.CC.CCc1ccc(N)c(C#N)c1C1CCCc2c(-c3nc(O[C@@H](C)C4CCCN4C)cc(N4Cc5ccccc5C4)n3)noc21. The number of likely N-dealkylation sites (N-methyl/N-ethyl adjacent to an activating group) is 1. The van der Waals surface area contributed by atoms with Crippen molar-refractivity contribution in [2.24, 2.45) is 0 Å². The van der Waals surface area contributed by atoms with Crippen LogP contribution in [0.1, 0.15) is 126 Å². The summed E-state index contributed by atoms with van der Waals surface area (Å²) in [5, 5.41) is 14.7. The first-order chi connectivity index (χ1) is 24.4. The molecule has 0 radical (unpaired) electrons. The third-order valence-electron chi connectivity index (χ3n) is 9.75. The van der Waals surface area contributed by atoms with Gasteiger partial charge in [0.1, 0.15) is 23.8 Å². The number of hydrogen-bond donors (Lipinski definition) is 1. The number of nitrogen functional groups attached to an aromatic ring is 1. The Hall–Kier alpha value is -4.42. The minimum absolute atomic E-state index is 0.0233. The summed E-state index contributed by atoms with van der Waals surface area (Å²) in [7, 11) is 2.16. The van der Waals surface area contributed by atoms with E-state index in [1.807, 2.05) is 59.7 Å². The second-order valence-electron chi connectivity index (χ2n) is 12.4. The molecule has 9 nitrogen and oxygen atoms in total. The van der Waals surface area contributed by atoms with Crippen molar-refractivity contribution in [3.05, 3.63) is 81.6 Å². The highest BCUT2D eigenvalue weighted by molar-refractivity contribution is 5.65. The van der Waals surface area contributed by atoms with Gasteiger partial charge in [-0.15, -0.1) is 0 Å². The van der Waals surface area contributed by atoms with Gasteiger partial charge in [0, 0.05) is 42.4 Å². The van der Waals surface area contributed by atoms with Crippen molar-refractivity contribution in [3.63, 3.8) is 0 Å². The number of nitrogens with zero attached hydrogens (tertiary/aromatic N) is 6. The van der Waals surface area contributed by atoms with Crippen molar-refractivity contribution in [2.45, 2.75) is 125 Å². The number of aromatic nitrogens is 3. The fourth-order valence-electron chi connectivity index (χ4n) is 7.45. The molecule has 1 fully saturated rings. The third kappa shape index (κ3) is 7.81. The maximum atomic E-state index is 10.1. The van der Waals surface area contributed by atoms with Crippen molar-refractivity contribution in [1.29, 1.82) is 5.26 Å². The monoisotopic (exact) mass is 679 g/mol. The standard InChI is InChI=1S/C35H39N7O2.3C2H6/c1-4-22-14-15-28(37)27(18-36)32(22)25-11-7-12-26-33(40-44-34(25)26)35-38-30(42-19-23-9-5-6-10-24(23)20-42)17-31(39-35)43-21(2)29-13-8-16-41(29)3;3*1-2/h5-6,9-10,14-15,17,21,25,29H,4,7-8,11-13,16,19-20,37H2,1-3H3;3*1-2H3/t21-,25?,29?;;;/m0.../s1. The fraction of sp³-hybridized carbons (Fsp3) is 0.512. The zero-order valence-corrected chi connectivity index (χ0v) is 31.7. The quantitative estimate of drug-likeness (QED) is 0.191. The van der Waals surface area contributed by atoms with Gasteiger partial charge >= 0.3 is 0 Å². The van der Waals surface area contributed by atoms with Crippen molar-refractivity contribution in [1.82, 2.24) is 20.0 Å². The largest absolute Gasteiger partial charge is 0.473 e. The van der Waals surface area contributed by atoms with Crippen molar-refractivity contribution in [2.75, 3.05) is 24.2 Å². The van der Waals surface area contributed by atoms with Crippen molar-refractivity contribution < 1.29 is 9.26 Å². The third-order valence-corrected chi connectivity index (χ3v) is 9.75. The van der Waals surface area contributed by atoms with Crippen LogP contribution in [0.2, 0.25) is 0 Å². The predicted molar refractivity (Wildman–Crippen MR) is 203 cm³/mol. The van der Waals surface area contributed by atoms with Gasteiger partial charge in [0.2, 0.25) is 5.88 Å². The van der Waals surface area contributed by atoms with Gasteiger partial charge in [0.05, 0.1) is 5.56 Å². The van der Waals surface area contributed by atoms with Crippen LogP contribution in [0.25, 0.3) is 11.5 Å². The van der Waals surface area contributed by atoms with Crippen LogP contribution in [0, 0.1) is 11.3 Å². The Labute approximate surface area is 299 Å². The highest BCUT2D eigenvalue weighted by Gasteiger charge is 2.35. The molecule has 7 rings (SSSR count). The number of nitrogens with two attached hydrogens (primary N) is 1. The average Bonchev–Trinajstić information content (AvgIpc) is 3.92. The van der Waals surface area contributed by atoms with E-state index in [0.29, 0.717) is 34.7 Å². The molecule has 2 aliphatic heterocycles. The molecule has 1 saturated heterocycles. The Balaban J connectivity index is 0.000000890. The van der Waals surface area contributed by atoms with E-state index in [2.05, 4.69) is 66.2 Å². The maximum Gasteiger partial charge on any atom is 0.219 e. The summed E-state index contributed by atoms with van der Waals surface area (Å²) in [6.07, 6.45) is 5.66. The first-order valence-electron chi connectivity index (χ1n) is 18.8. The van der Waals surface area contributed by atoms with Crippen molar-refractivity contribution in [3.8, 4) is 23.5 Å². The molecule has 4 heterocycles. The highest BCUT2D eigenvalue weighted by atomic mass is 16.5. The predicted octanol–water partition coefficient (Wildman–Crippen LogP) is 9.08.